The molecule has 7 heteroatoms. The normalized spacial score (nSPS) is 23.1. The van der Waals surface area contributed by atoms with E-state index in [-0.39, 0.29) is 23.6 Å². The molecular formula is C13H17F2NO2S2. The lowest BCUT2D eigenvalue weighted by molar-refractivity contribution is 0.252. The molecule has 0 aliphatic carbocycles. The Hall–Kier alpha value is -0.660. The Bertz CT molecular complexity index is 546. The van der Waals surface area contributed by atoms with Gasteiger partial charge in [0.25, 0.3) is 5.76 Å². The van der Waals surface area contributed by atoms with E-state index < -0.39 is 15.6 Å². The highest BCUT2D eigenvalue weighted by molar-refractivity contribution is 7.99. The van der Waals surface area contributed by atoms with Crippen molar-refractivity contribution >= 4 is 21.6 Å². The first kappa shape index (κ1) is 15.7. The molecule has 1 fully saturated rings. The Labute approximate surface area is 122 Å². The summed E-state index contributed by atoms with van der Waals surface area (Å²) in [5.74, 6) is -2.00. The molecule has 1 aromatic carbocycles. The van der Waals surface area contributed by atoms with Crippen molar-refractivity contribution < 1.29 is 17.2 Å². The van der Waals surface area contributed by atoms with E-state index in [4.69, 9.17) is 0 Å². The van der Waals surface area contributed by atoms with Gasteiger partial charge in [0.2, 0.25) is 0 Å². The van der Waals surface area contributed by atoms with Gasteiger partial charge in [-0.05, 0) is 31.0 Å². The first-order chi connectivity index (χ1) is 9.35. The largest absolute Gasteiger partial charge is 0.306 e. The van der Waals surface area contributed by atoms with Crippen LogP contribution in [0.5, 0.6) is 0 Å². The minimum atomic E-state index is -2.89. The van der Waals surface area contributed by atoms with E-state index in [1.807, 2.05) is 6.92 Å². The van der Waals surface area contributed by atoms with Crippen LogP contribution < -0.4 is 5.32 Å². The second kappa shape index (κ2) is 6.41. The molecule has 20 heavy (non-hydrogen) atoms. The minimum absolute atomic E-state index is 0.00102. The fourth-order valence-corrected chi connectivity index (χ4v) is 4.50. The average Bonchev–Trinajstić information content (AvgIpc) is 2.68. The molecule has 0 bridgehead atoms. The Morgan fingerprint density at radius 3 is 2.45 bits per heavy atom. The average molecular weight is 321 g/mol. The van der Waals surface area contributed by atoms with Crippen molar-refractivity contribution in [3.63, 3.8) is 0 Å². The van der Waals surface area contributed by atoms with Gasteiger partial charge >= 0.3 is 0 Å². The van der Waals surface area contributed by atoms with Crippen molar-refractivity contribution in [1.29, 1.82) is 0 Å². The molecule has 0 saturated carbocycles. The molecule has 0 spiro atoms. The van der Waals surface area contributed by atoms with Crippen molar-refractivity contribution in [1.82, 2.24) is 5.32 Å². The molecule has 0 aromatic heterocycles. The summed E-state index contributed by atoms with van der Waals surface area (Å²) in [4.78, 5) is 0.527. The van der Waals surface area contributed by atoms with Gasteiger partial charge in [0, 0.05) is 17.0 Å². The molecule has 1 heterocycles. The molecule has 1 N–H and O–H groups in total. The van der Waals surface area contributed by atoms with Crippen molar-refractivity contribution in [2.24, 2.45) is 0 Å². The third kappa shape index (κ3) is 4.43. The predicted molar refractivity (Wildman–Crippen MR) is 76.9 cm³/mol. The van der Waals surface area contributed by atoms with Crippen LogP contribution in [0.15, 0.2) is 29.2 Å². The summed E-state index contributed by atoms with van der Waals surface area (Å²) in [6, 6.07) is 6.90. The number of thioether (sulfide) groups is 1. The van der Waals surface area contributed by atoms with Crippen LogP contribution in [0.4, 0.5) is 8.78 Å². The SMILES string of the molecule is CC(NC1CCS(=O)(=O)C1)c1ccc(SC(F)F)cc1. The zero-order chi connectivity index (χ0) is 14.8. The zero-order valence-corrected chi connectivity index (χ0v) is 12.7. The van der Waals surface area contributed by atoms with E-state index in [1.54, 1.807) is 24.3 Å². The second-order valence-electron chi connectivity index (χ2n) is 4.94. The first-order valence-electron chi connectivity index (χ1n) is 6.37. The van der Waals surface area contributed by atoms with E-state index in [0.717, 1.165) is 5.56 Å². The third-order valence-electron chi connectivity index (χ3n) is 3.32. The lowest BCUT2D eigenvalue weighted by Gasteiger charge is -2.19. The van der Waals surface area contributed by atoms with E-state index in [0.29, 0.717) is 23.1 Å². The molecule has 3 nitrogen and oxygen atoms in total. The van der Waals surface area contributed by atoms with Gasteiger partial charge in [0.1, 0.15) is 0 Å². The van der Waals surface area contributed by atoms with Crippen LogP contribution in [0.2, 0.25) is 0 Å². The molecule has 112 valence electrons. The van der Waals surface area contributed by atoms with Crippen LogP contribution >= 0.6 is 11.8 Å². The van der Waals surface area contributed by atoms with Gasteiger partial charge in [-0.3, -0.25) is 0 Å². The van der Waals surface area contributed by atoms with E-state index in [9.17, 15) is 17.2 Å². The summed E-state index contributed by atoms with van der Waals surface area (Å²) in [7, 11) is -2.89. The number of halogens is 2. The number of rotatable bonds is 5. The molecular weight excluding hydrogens is 304 g/mol. The molecule has 0 radical (unpaired) electrons. The fourth-order valence-electron chi connectivity index (χ4n) is 2.31. The molecule has 2 atom stereocenters. The van der Waals surface area contributed by atoms with Crippen molar-refractivity contribution in [3.8, 4) is 0 Å². The van der Waals surface area contributed by atoms with Crippen LogP contribution in [0.3, 0.4) is 0 Å². The van der Waals surface area contributed by atoms with E-state index in [2.05, 4.69) is 5.32 Å². The molecule has 1 saturated heterocycles. The maximum atomic E-state index is 12.2. The molecule has 2 rings (SSSR count). The van der Waals surface area contributed by atoms with Gasteiger partial charge in [-0.2, -0.15) is 8.78 Å². The van der Waals surface area contributed by atoms with Crippen molar-refractivity contribution in [2.45, 2.75) is 36.1 Å². The summed E-state index contributed by atoms with van der Waals surface area (Å²) in [5.41, 5.74) is 0.966. The Kier molecular flexibility index (Phi) is 5.04. The fraction of sp³-hybridized carbons (Fsp3) is 0.538. The number of sulfone groups is 1. The van der Waals surface area contributed by atoms with Crippen molar-refractivity contribution in [2.75, 3.05) is 11.5 Å². The lowest BCUT2D eigenvalue weighted by atomic mass is 10.1. The van der Waals surface area contributed by atoms with Crippen LogP contribution in [-0.4, -0.2) is 31.7 Å². The topological polar surface area (TPSA) is 46.2 Å². The predicted octanol–water partition coefficient (Wildman–Crippen LogP) is 2.84. The monoisotopic (exact) mass is 321 g/mol. The van der Waals surface area contributed by atoms with E-state index >= 15 is 0 Å². The van der Waals surface area contributed by atoms with Gasteiger partial charge in [0.05, 0.1) is 11.5 Å². The molecule has 0 amide bonds. The number of hydrogen-bond acceptors (Lipinski definition) is 4. The standard InChI is InChI=1S/C13H17F2NO2S2/c1-9(16-11-6-7-20(17,18)8-11)10-2-4-12(5-3-10)19-13(14)15/h2-5,9,11,13,16H,6-8H2,1H3. The summed E-state index contributed by atoms with van der Waals surface area (Å²) >= 11 is 0.518. The highest BCUT2D eigenvalue weighted by Crippen LogP contribution is 2.26. The van der Waals surface area contributed by atoms with Crippen LogP contribution in [0.25, 0.3) is 0 Å². The summed E-state index contributed by atoms with van der Waals surface area (Å²) in [6.45, 7) is 1.94. The second-order valence-corrected chi connectivity index (χ2v) is 8.23. The molecule has 2 unspecified atom stereocenters. The van der Waals surface area contributed by atoms with Crippen LogP contribution in [-0.2, 0) is 9.84 Å². The number of nitrogens with one attached hydrogen (secondary N) is 1. The number of alkyl halides is 2. The van der Waals surface area contributed by atoms with Gasteiger partial charge in [-0.15, -0.1) is 0 Å². The number of benzene rings is 1. The number of hydrogen-bond donors (Lipinski definition) is 1. The first-order valence-corrected chi connectivity index (χ1v) is 9.07. The highest BCUT2D eigenvalue weighted by Gasteiger charge is 2.28. The quantitative estimate of drug-likeness (QED) is 0.847. The zero-order valence-electron chi connectivity index (χ0n) is 11.1. The smallest absolute Gasteiger partial charge is 0.288 e. The minimum Gasteiger partial charge on any atom is -0.306 e. The van der Waals surface area contributed by atoms with Crippen molar-refractivity contribution in [3.05, 3.63) is 29.8 Å². The van der Waals surface area contributed by atoms with Crippen LogP contribution in [0, 0.1) is 0 Å². The summed E-state index contributed by atoms with van der Waals surface area (Å²) in [5, 5.41) is 3.28. The summed E-state index contributed by atoms with van der Waals surface area (Å²) < 4.78 is 47.2. The Balaban J connectivity index is 1.94. The van der Waals surface area contributed by atoms with Crippen LogP contribution in [0.1, 0.15) is 24.9 Å². The maximum absolute atomic E-state index is 12.2. The molecule has 1 aliphatic heterocycles. The van der Waals surface area contributed by atoms with Gasteiger partial charge < -0.3 is 5.32 Å². The third-order valence-corrected chi connectivity index (χ3v) is 5.81. The van der Waals surface area contributed by atoms with Gasteiger partial charge in [0.15, 0.2) is 9.84 Å². The molecule has 1 aliphatic rings. The Morgan fingerprint density at radius 2 is 1.95 bits per heavy atom. The Morgan fingerprint density at radius 1 is 1.30 bits per heavy atom. The molecule has 1 aromatic rings. The van der Waals surface area contributed by atoms with Gasteiger partial charge in [-0.1, -0.05) is 23.9 Å². The lowest BCUT2D eigenvalue weighted by Crippen LogP contribution is -2.32. The highest BCUT2D eigenvalue weighted by atomic mass is 32.2. The summed E-state index contributed by atoms with van der Waals surface area (Å²) in [6.07, 6.45) is 0.631. The van der Waals surface area contributed by atoms with Gasteiger partial charge in [-0.25, -0.2) is 8.42 Å². The maximum Gasteiger partial charge on any atom is 0.288 e. The van der Waals surface area contributed by atoms with E-state index in [1.165, 1.54) is 0 Å².